The van der Waals surface area contributed by atoms with Gasteiger partial charge in [-0.1, -0.05) is 6.92 Å². The molecule has 0 bridgehead atoms. The van der Waals surface area contributed by atoms with Crippen molar-refractivity contribution < 1.29 is 31.1 Å². The smallest absolute Gasteiger partial charge is 0.394 e. The maximum Gasteiger partial charge on any atom is 0.419 e. The van der Waals surface area contributed by atoms with Crippen LogP contribution in [0.4, 0.5) is 32.3 Å². The Bertz CT molecular complexity index is 1130. The number of likely N-dealkylation sites (tertiary alicyclic amines) is 1. The summed E-state index contributed by atoms with van der Waals surface area (Å²) in [5, 5.41) is 2.69. The highest BCUT2D eigenvalue weighted by atomic mass is 19.4. The van der Waals surface area contributed by atoms with Crippen LogP contribution in [-0.2, 0) is 11.0 Å². The van der Waals surface area contributed by atoms with Crippen LogP contribution >= 0.6 is 0 Å². The molecular weight excluding hydrogens is 494 g/mol. The first kappa shape index (κ1) is 26.8. The van der Waals surface area contributed by atoms with Crippen molar-refractivity contribution in [3.63, 3.8) is 0 Å². The highest BCUT2D eigenvalue weighted by Gasteiger charge is 2.46. The van der Waals surface area contributed by atoms with Gasteiger partial charge in [-0.2, -0.15) is 13.2 Å². The monoisotopic (exact) mass is 516 g/mol. The molecule has 1 aliphatic rings. The Morgan fingerprint density at radius 1 is 1.22 bits per heavy atom. The summed E-state index contributed by atoms with van der Waals surface area (Å²) in [6.45, 7) is 0.397. The lowest BCUT2D eigenvalue weighted by Crippen LogP contribution is -2.58. The van der Waals surface area contributed by atoms with Crippen molar-refractivity contribution in [1.82, 2.24) is 24.8 Å². The molecule has 2 atom stereocenters. The fourth-order valence-electron chi connectivity index (χ4n) is 3.74. The summed E-state index contributed by atoms with van der Waals surface area (Å²) in [5.41, 5.74) is 4.39. The van der Waals surface area contributed by atoms with E-state index in [9.17, 15) is 31.1 Å². The van der Waals surface area contributed by atoms with E-state index in [0.717, 1.165) is 23.5 Å². The average Bonchev–Trinajstić information content (AvgIpc) is 2.80. The molecule has 3 heterocycles. The van der Waals surface area contributed by atoms with Crippen molar-refractivity contribution in [3.8, 4) is 0 Å². The Balaban J connectivity index is 1.89. The highest BCUT2D eigenvalue weighted by Crippen LogP contribution is 2.35. The van der Waals surface area contributed by atoms with Crippen LogP contribution in [0.25, 0.3) is 5.57 Å². The number of alkyl halides is 5. The number of aliphatic imine (C=N–C) groups is 1. The molecule has 194 valence electrons. The van der Waals surface area contributed by atoms with E-state index in [4.69, 9.17) is 5.73 Å². The summed E-state index contributed by atoms with van der Waals surface area (Å²) in [6, 6.07) is -0.851. The van der Waals surface area contributed by atoms with Crippen LogP contribution in [0, 0.1) is 11.7 Å². The van der Waals surface area contributed by atoms with E-state index in [-0.39, 0.29) is 23.9 Å². The molecule has 0 aliphatic carbocycles. The molecule has 15 heteroatoms. The number of rotatable bonds is 6. The number of nitrogens with two attached hydrogens (primary N) is 1. The first-order valence-corrected chi connectivity index (χ1v) is 10.5. The second kappa shape index (κ2) is 10.5. The molecular formula is C21H22F6N8O. The number of halogens is 6. The first-order chi connectivity index (χ1) is 16.8. The summed E-state index contributed by atoms with van der Waals surface area (Å²) < 4.78 is 80.3. The Morgan fingerprint density at radius 2 is 1.83 bits per heavy atom. The molecule has 0 radical (unpaired) electrons. The van der Waals surface area contributed by atoms with Gasteiger partial charge in [0, 0.05) is 38.6 Å². The summed E-state index contributed by atoms with van der Waals surface area (Å²) >= 11 is 0. The van der Waals surface area contributed by atoms with Crippen LogP contribution in [-0.4, -0.2) is 69.1 Å². The maximum absolute atomic E-state index is 14.4. The van der Waals surface area contributed by atoms with E-state index in [2.05, 4.69) is 30.2 Å². The fraction of sp³-hybridized carbons (Fsp3) is 0.429. The number of amides is 1. The lowest BCUT2D eigenvalue weighted by Gasteiger charge is -2.43. The van der Waals surface area contributed by atoms with Gasteiger partial charge in [0.25, 0.3) is 11.8 Å². The number of nitrogens with zero attached hydrogens (tertiary/aromatic N) is 6. The number of nitrogens with one attached hydrogen (secondary N) is 1. The molecule has 0 saturated carbocycles. The van der Waals surface area contributed by atoms with E-state index in [1.165, 1.54) is 14.0 Å². The molecule has 2 unspecified atom stereocenters. The van der Waals surface area contributed by atoms with Crippen LogP contribution in [0.5, 0.6) is 0 Å². The molecule has 1 aliphatic heterocycles. The van der Waals surface area contributed by atoms with E-state index >= 15 is 0 Å². The van der Waals surface area contributed by atoms with Gasteiger partial charge in [0.2, 0.25) is 5.95 Å². The van der Waals surface area contributed by atoms with Crippen LogP contribution < -0.4 is 11.1 Å². The number of anilines is 1. The van der Waals surface area contributed by atoms with Gasteiger partial charge in [-0.25, -0.2) is 33.1 Å². The Labute approximate surface area is 201 Å². The van der Waals surface area contributed by atoms with Gasteiger partial charge >= 0.3 is 6.18 Å². The summed E-state index contributed by atoms with van der Waals surface area (Å²) in [4.78, 5) is 32.7. The number of piperidine rings is 1. The number of hydrogen-bond acceptors (Lipinski definition) is 8. The topological polar surface area (TPSA) is 122 Å². The standard InChI is InChI=1S/C21H22F6N8O/c1-11-3-20(23,24)10-35(15(11)9-34-19-32-4-12(5-33-19)21(25,26)27)18(36)16(28)14(8-29-2)17-30-6-13(22)7-31-17/h4-8,11,15H,3,9-10,28H2,1-2H3,(H,32,33,34). The predicted octanol–water partition coefficient (Wildman–Crippen LogP) is 2.78. The minimum Gasteiger partial charge on any atom is -0.394 e. The lowest BCUT2D eigenvalue weighted by molar-refractivity contribution is -0.148. The zero-order valence-electron chi connectivity index (χ0n) is 19.1. The number of aromatic nitrogens is 4. The number of allylic oxidation sites excluding steroid dienone is 1. The predicted molar refractivity (Wildman–Crippen MR) is 117 cm³/mol. The molecule has 0 aromatic carbocycles. The third-order valence-electron chi connectivity index (χ3n) is 5.43. The Hall–Kier alpha value is -3.78. The van der Waals surface area contributed by atoms with Crippen molar-refractivity contribution in [3.05, 3.63) is 47.7 Å². The van der Waals surface area contributed by atoms with E-state index in [1.54, 1.807) is 0 Å². The van der Waals surface area contributed by atoms with Crippen LogP contribution in [0.15, 0.2) is 35.5 Å². The third-order valence-corrected chi connectivity index (χ3v) is 5.43. The summed E-state index contributed by atoms with van der Waals surface area (Å²) in [6.07, 6.45) is -1.16. The summed E-state index contributed by atoms with van der Waals surface area (Å²) in [5.74, 6) is -5.98. The molecule has 0 spiro atoms. The Kier molecular flexibility index (Phi) is 7.79. The molecule has 2 aromatic rings. The number of carbonyl (C=O) groups excluding carboxylic acids is 1. The van der Waals surface area contributed by atoms with E-state index in [0.29, 0.717) is 12.4 Å². The minimum absolute atomic E-state index is 0.0955. The van der Waals surface area contributed by atoms with Gasteiger partial charge in [-0.05, 0) is 5.92 Å². The maximum atomic E-state index is 14.4. The normalized spacial score (nSPS) is 20.8. The van der Waals surface area contributed by atoms with Gasteiger partial charge < -0.3 is 16.0 Å². The molecule has 3 N–H and O–H groups in total. The number of hydrogen-bond donors (Lipinski definition) is 2. The van der Waals surface area contributed by atoms with Gasteiger partial charge in [0.1, 0.15) is 5.70 Å². The zero-order valence-corrected chi connectivity index (χ0v) is 19.1. The molecule has 1 saturated heterocycles. The molecule has 3 rings (SSSR count). The van der Waals surface area contributed by atoms with Crippen LogP contribution in [0.2, 0.25) is 0 Å². The molecule has 2 aromatic heterocycles. The lowest BCUT2D eigenvalue weighted by atomic mass is 9.88. The van der Waals surface area contributed by atoms with Crippen molar-refractivity contribution in [2.24, 2.45) is 16.6 Å². The largest absolute Gasteiger partial charge is 0.419 e. The first-order valence-electron chi connectivity index (χ1n) is 10.5. The molecule has 1 fully saturated rings. The molecule has 9 nitrogen and oxygen atoms in total. The summed E-state index contributed by atoms with van der Waals surface area (Å²) in [7, 11) is 1.37. The van der Waals surface area contributed by atoms with Gasteiger partial charge in [-0.3, -0.25) is 9.79 Å². The van der Waals surface area contributed by atoms with Gasteiger partial charge in [0.05, 0.1) is 36.1 Å². The van der Waals surface area contributed by atoms with E-state index in [1.807, 2.05) is 0 Å². The SMILES string of the molecule is CN=CC(=C(N)C(=O)N1CC(F)(F)CC(C)C1CNc1ncc(C(F)(F)F)cn1)c1ncc(F)cn1. The van der Waals surface area contributed by atoms with Crippen molar-refractivity contribution in [2.45, 2.75) is 31.5 Å². The van der Waals surface area contributed by atoms with Crippen LogP contribution in [0.3, 0.4) is 0 Å². The van der Waals surface area contributed by atoms with Crippen LogP contribution in [0.1, 0.15) is 24.7 Å². The van der Waals surface area contributed by atoms with Gasteiger partial charge in [-0.15, -0.1) is 0 Å². The van der Waals surface area contributed by atoms with E-state index < -0.39 is 60.0 Å². The highest BCUT2D eigenvalue weighted by molar-refractivity contribution is 6.17. The zero-order chi connectivity index (χ0) is 26.7. The fourth-order valence-corrected chi connectivity index (χ4v) is 3.74. The van der Waals surface area contributed by atoms with Gasteiger partial charge in [0.15, 0.2) is 11.6 Å². The second-order valence-electron chi connectivity index (χ2n) is 8.15. The minimum atomic E-state index is -4.62. The van der Waals surface area contributed by atoms with Crippen molar-refractivity contribution >= 4 is 23.6 Å². The molecule has 1 amide bonds. The second-order valence-corrected chi connectivity index (χ2v) is 8.15. The average molecular weight is 516 g/mol. The third kappa shape index (κ3) is 6.26. The molecule has 36 heavy (non-hydrogen) atoms. The van der Waals surface area contributed by atoms with Crippen molar-refractivity contribution in [2.75, 3.05) is 25.5 Å². The quantitative estimate of drug-likeness (QED) is 0.344. The van der Waals surface area contributed by atoms with Crippen molar-refractivity contribution in [1.29, 1.82) is 0 Å². The number of carbonyl (C=O) groups is 1. The Morgan fingerprint density at radius 3 is 2.39 bits per heavy atom.